The minimum Gasteiger partial charge on any atom is -0.465 e. The molecule has 5 nitrogen and oxygen atoms in total. The fourth-order valence-electron chi connectivity index (χ4n) is 1.25. The standard InChI is InChI=1S/C11H15NO4S/c1-9(13)16-6-7-17(14,15)8-10-2-4-11(12)5-3-10/h2-5H,6-8,12H2,1H3. The van der Waals surface area contributed by atoms with E-state index in [9.17, 15) is 13.2 Å². The number of hydrogen-bond donors (Lipinski definition) is 1. The zero-order chi connectivity index (χ0) is 12.9. The molecule has 17 heavy (non-hydrogen) atoms. The van der Waals surface area contributed by atoms with Crippen molar-refractivity contribution in [3.05, 3.63) is 29.8 Å². The Morgan fingerprint density at radius 2 is 1.88 bits per heavy atom. The number of sulfone groups is 1. The average Bonchev–Trinajstić information content (AvgIpc) is 2.20. The zero-order valence-electron chi connectivity index (χ0n) is 9.55. The molecule has 0 radical (unpaired) electrons. The smallest absolute Gasteiger partial charge is 0.302 e. The fourth-order valence-corrected chi connectivity index (χ4v) is 2.43. The van der Waals surface area contributed by atoms with Crippen molar-refractivity contribution >= 4 is 21.5 Å². The maximum absolute atomic E-state index is 11.6. The van der Waals surface area contributed by atoms with Crippen molar-refractivity contribution in [2.45, 2.75) is 12.7 Å². The molecule has 0 aromatic heterocycles. The van der Waals surface area contributed by atoms with E-state index in [2.05, 4.69) is 4.74 Å². The summed E-state index contributed by atoms with van der Waals surface area (Å²) in [7, 11) is -3.26. The highest BCUT2D eigenvalue weighted by Gasteiger charge is 2.12. The van der Waals surface area contributed by atoms with Gasteiger partial charge in [-0.3, -0.25) is 4.79 Å². The van der Waals surface area contributed by atoms with Gasteiger partial charge in [-0.2, -0.15) is 0 Å². The van der Waals surface area contributed by atoms with Crippen LogP contribution < -0.4 is 5.73 Å². The summed E-state index contributed by atoms with van der Waals surface area (Å²) in [5.74, 6) is -0.724. The molecule has 0 saturated heterocycles. The molecule has 0 bridgehead atoms. The van der Waals surface area contributed by atoms with Crippen LogP contribution in [0.2, 0.25) is 0 Å². The Kier molecular flexibility index (Phi) is 4.51. The lowest BCUT2D eigenvalue weighted by atomic mass is 10.2. The fraction of sp³-hybridized carbons (Fsp3) is 0.364. The molecule has 2 N–H and O–H groups in total. The topological polar surface area (TPSA) is 86.5 Å². The van der Waals surface area contributed by atoms with Crippen molar-refractivity contribution in [1.82, 2.24) is 0 Å². The number of rotatable bonds is 5. The third-order valence-electron chi connectivity index (χ3n) is 2.07. The third-order valence-corrected chi connectivity index (χ3v) is 3.63. The summed E-state index contributed by atoms with van der Waals surface area (Å²) in [5.41, 5.74) is 6.75. The molecule has 0 aliphatic heterocycles. The van der Waals surface area contributed by atoms with Gasteiger partial charge in [-0.25, -0.2) is 8.42 Å². The van der Waals surface area contributed by atoms with Crippen LogP contribution >= 0.6 is 0 Å². The lowest BCUT2D eigenvalue weighted by molar-refractivity contribution is -0.140. The second-order valence-corrected chi connectivity index (χ2v) is 5.86. The highest BCUT2D eigenvalue weighted by molar-refractivity contribution is 7.90. The summed E-state index contributed by atoms with van der Waals surface area (Å²) in [6, 6.07) is 6.63. The predicted octanol–water partition coefficient (Wildman–Crippen LogP) is 0.747. The van der Waals surface area contributed by atoms with Crippen LogP contribution in [0.25, 0.3) is 0 Å². The Hall–Kier alpha value is -1.56. The molecular weight excluding hydrogens is 242 g/mol. The average molecular weight is 257 g/mol. The number of esters is 1. The molecule has 0 spiro atoms. The number of nitrogen functional groups attached to an aromatic ring is 1. The van der Waals surface area contributed by atoms with Gasteiger partial charge in [0.05, 0.1) is 11.5 Å². The van der Waals surface area contributed by atoms with Crippen molar-refractivity contribution in [2.24, 2.45) is 0 Å². The number of nitrogens with two attached hydrogens (primary N) is 1. The van der Waals surface area contributed by atoms with Gasteiger partial charge in [-0.05, 0) is 17.7 Å². The number of hydrogen-bond acceptors (Lipinski definition) is 5. The van der Waals surface area contributed by atoms with E-state index in [0.29, 0.717) is 11.3 Å². The van der Waals surface area contributed by atoms with Gasteiger partial charge in [0.1, 0.15) is 6.61 Å². The first kappa shape index (κ1) is 13.5. The molecule has 0 aliphatic carbocycles. The first-order chi connectivity index (χ1) is 7.89. The van der Waals surface area contributed by atoms with Crippen LogP contribution in [0.3, 0.4) is 0 Å². The van der Waals surface area contributed by atoms with E-state index in [-0.39, 0.29) is 18.1 Å². The molecule has 0 saturated carbocycles. The van der Waals surface area contributed by atoms with Crippen molar-refractivity contribution in [2.75, 3.05) is 18.1 Å². The molecule has 1 aromatic carbocycles. The SMILES string of the molecule is CC(=O)OCCS(=O)(=O)Cc1ccc(N)cc1. The number of carbonyl (C=O) groups is 1. The highest BCUT2D eigenvalue weighted by atomic mass is 32.2. The highest BCUT2D eigenvalue weighted by Crippen LogP contribution is 2.09. The van der Waals surface area contributed by atoms with Crippen LogP contribution in [0.15, 0.2) is 24.3 Å². The predicted molar refractivity (Wildman–Crippen MR) is 65.0 cm³/mol. The summed E-state index contributed by atoms with van der Waals surface area (Å²) in [4.78, 5) is 10.5. The quantitative estimate of drug-likeness (QED) is 0.621. The van der Waals surface area contributed by atoms with Gasteiger partial charge in [-0.1, -0.05) is 12.1 Å². The molecule has 94 valence electrons. The zero-order valence-corrected chi connectivity index (χ0v) is 10.4. The minimum absolute atomic E-state index is 0.0749. The maximum Gasteiger partial charge on any atom is 0.302 e. The van der Waals surface area contributed by atoms with E-state index >= 15 is 0 Å². The molecule has 0 aliphatic rings. The Labute approximate surface area is 100 Å². The second kappa shape index (κ2) is 5.67. The van der Waals surface area contributed by atoms with Crippen molar-refractivity contribution < 1.29 is 17.9 Å². The number of ether oxygens (including phenoxy) is 1. The van der Waals surface area contributed by atoms with Gasteiger partial charge in [0.15, 0.2) is 9.84 Å². The largest absolute Gasteiger partial charge is 0.465 e. The van der Waals surface area contributed by atoms with Crippen LogP contribution in [0.5, 0.6) is 0 Å². The summed E-state index contributed by atoms with van der Waals surface area (Å²) in [5, 5.41) is 0. The molecule has 1 rings (SSSR count). The second-order valence-electron chi connectivity index (χ2n) is 3.67. The molecule has 0 atom stereocenters. The summed E-state index contributed by atoms with van der Waals surface area (Å²) in [6.07, 6.45) is 0. The van der Waals surface area contributed by atoms with E-state index < -0.39 is 15.8 Å². The Morgan fingerprint density at radius 3 is 2.41 bits per heavy atom. The van der Waals surface area contributed by atoms with Gasteiger partial charge < -0.3 is 10.5 Å². The first-order valence-electron chi connectivity index (χ1n) is 5.07. The molecule has 6 heteroatoms. The Bertz CT molecular complexity index is 479. The van der Waals surface area contributed by atoms with Gasteiger partial charge in [0.25, 0.3) is 0 Å². The van der Waals surface area contributed by atoms with Crippen LogP contribution in [0.1, 0.15) is 12.5 Å². The normalized spacial score (nSPS) is 11.1. The molecule has 1 aromatic rings. The summed E-state index contributed by atoms with van der Waals surface area (Å²) < 4.78 is 27.9. The molecule has 0 unspecified atom stereocenters. The minimum atomic E-state index is -3.26. The van der Waals surface area contributed by atoms with Crippen molar-refractivity contribution in [3.8, 4) is 0 Å². The molecule has 0 amide bonds. The van der Waals surface area contributed by atoms with Crippen molar-refractivity contribution in [3.63, 3.8) is 0 Å². The van der Waals surface area contributed by atoms with E-state index in [1.54, 1.807) is 24.3 Å². The monoisotopic (exact) mass is 257 g/mol. The van der Waals surface area contributed by atoms with E-state index in [0.717, 1.165) is 0 Å². The lowest BCUT2D eigenvalue weighted by Crippen LogP contribution is -2.15. The van der Waals surface area contributed by atoms with E-state index in [1.165, 1.54) is 6.92 Å². The van der Waals surface area contributed by atoms with Crippen LogP contribution in [-0.2, 0) is 25.1 Å². The third kappa shape index (κ3) is 5.35. The Morgan fingerprint density at radius 1 is 1.29 bits per heavy atom. The number of benzene rings is 1. The van der Waals surface area contributed by atoms with Gasteiger partial charge in [-0.15, -0.1) is 0 Å². The summed E-state index contributed by atoms with van der Waals surface area (Å²) in [6.45, 7) is 1.14. The molecule has 0 heterocycles. The maximum atomic E-state index is 11.6. The summed E-state index contributed by atoms with van der Waals surface area (Å²) >= 11 is 0. The molecule has 0 fully saturated rings. The van der Waals surface area contributed by atoms with E-state index in [4.69, 9.17) is 5.73 Å². The van der Waals surface area contributed by atoms with Crippen LogP contribution in [0.4, 0.5) is 5.69 Å². The number of anilines is 1. The van der Waals surface area contributed by atoms with Crippen LogP contribution in [0, 0.1) is 0 Å². The van der Waals surface area contributed by atoms with Gasteiger partial charge >= 0.3 is 5.97 Å². The lowest BCUT2D eigenvalue weighted by Gasteiger charge is -2.05. The molecular formula is C11H15NO4S. The van der Waals surface area contributed by atoms with Crippen molar-refractivity contribution in [1.29, 1.82) is 0 Å². The Balaban J connectivity index is 2.54. The van der Waals surface area contributed by atoms with Gasteiger partial charge in [0, 0.05) is 12.6 Å². The van der Waals surface area contributed by atoms with E-state index in [1.807, 2.05) is 0 Å². The first-order valence-corrected chi connectivity index (χ1v) is 6.89. The number of carbonyl (C=O) groups excluding carboxylic acids is 1. The van der Waals surface area contributed by atoms with Gasteiger partial charge in [0.2, 0.25) is 0 Å². The van der Waals surface area contributed by atoms with Crippen LogP contribution in [-0.4, -0.2) is 26.7 Å².